The standard InChI is InChI=1S/C14H24N2O3S/c1-2-5-15-13(18)11-9-19-7-6-16(11)12(17)8-14(10-20)3-4-14/h11,20H,2-10H2,1H3,(H,15,18). The molecule has 1 atom stereocenters. The number of rotatable bonds is 6. The summed E-state index contributed by atoms with van der Waals surface area (Å²) in [4.78, 5) is 26.3. The minimum Gasteiger partial charge on any atom is -0.377 e. The Morgan fingerprint density at radius 2 is 2.20 bits per heavy atom. The Kier molecular flexibility index (Phi) is 5.32. The Morgan fingerprint density at radius 1 is 1.45 bits per heavy atom. The molecule has 1 saturated carbocycles. The molecule has 1 heterocycles. The summed E-state index contributed by atoms with van der Waals surface area (Å²) in [5.74, 6) is 0.711. The van der Waals surface area contributed by atoms with Gasteiger partial charge in [-0.3, -0.25) is 9.59 Å². The van der Waals surface area contributed by atoms with Crippen LogP contribution in [0.3, 0.4) is 0 Å². The lowest BCUT2D eigenvalue weighted by atomic mass is 10.0. The maximum atomic E-state index is 12.5. The molecule has 0 aromatic carbocycles. The number of amides is 2. The highest BCUT2D eigenvalue weighted by molar-refractivity contribution is 7.80. The van der Waals surface area contributed by atoms with Crippen LogP contribution in [0.2, 0.25) is 0 Å². The second-order valence-corrected chi connectivity index (χ2v) is 6.12. The molecule has 2 aliphatic rings. The zero-order valence-corrected chi connectivity index (χ0v) is 13.0. The highest BCUT2D eigenvalue weighted by Gasteiger charge is 2.45. The van der Waals surface area contributed by atoms with Gasteiger partial charge in [0.1, 0.15) is 6.04 Å². The Labute approximate surface area is 125 Å². The van der Waals surface area contributed by atoms with E-state index in [1.165, 1.54) is 0 Å². The van der Waals surface area contributed by atoms with E-state index >= 15 is 0 Å². The first-order valence-electron chi connectivity index (χ1n) is 7.38. The number of carbonyl (C=O) groups excluding carboxylic acids is 2. The van der Waals surface area contributed by atoms with Crippen LogP contribution in [-0.2, 0) is 14.3 Å². The van der Waals surface area contributed by atoms with Gasteiger partial charge in [0, 0.05) is 19.5 Å². The number of ether oxygens (including phenoxy) is 1. The Balaban J connectivity index is 1.95. The molecule has 6 heteroatoms. The van der Waals surface area contributed by atoms with E-state index in [0.29, 0.717) is 32.7 Å². The van der Waals surface area contributed by atoms with Crippen LogP contribution in [0.25, 0.3) is 0 Å². The molecule has 0 aromatic heterocycles. The molecule has 2 amide bonds. The van der Waals surface area contributed by atoms with Gasteiger partial charge in [0.25, 0.3) is 0 Å². The van der Waals surface area contributed by atoms with Crippen molar-refractivity contribution >= 4 is 24.4 Å². The van der Waals surface area contributed by atoms with Crippen LogP contribution in [0.15, 0.2) is 0 Å². The summed E-state index contributed by atoms with van der Waals surface area (Å²) in [6.45, 7) is 3.96. The number of hydrogen-bond donors (Lipinski definition) is 2. The summed E-state index contributed by atoms with van der Waals surface area (Å²) in [5, 5.41) is 2.85. The van der Waals surface area contributed by atoms with E-state index in [0.717, 1.165) is 25.0 Å². The Morgan fingerprint density at radius 3 is 2.80 bits per heavy atom. The molecule has 2 fully saturated rings. The molecule has 0 radical (unpaired) electrons. The lowest BCUT2D eigenvalue weighted by Crippen LogP contribution is -2.56. The molecule has 20 heavy (non-hydrogen) atoms. The van der Waals surface area contributed by atoms with Gasteiger partial charge in [-0.05, 0) is 30.4 Å². The van der Waals surface area contributed by atoms with Crippen LogP contribution in [0, 0.1) is 5.41 Å². The second kappa shape index (κ2) is 6.80. The van der Waals surface area contributed by atoms with Crippen LogP contribution >= 0.6 is 12.6 Å². The number of morpholine rings is 1. The number of thiol groups is 1. The van der Waals surface area contributed by atoms with Crippen molar-refractivity contribution in [3.8, 4) is 0 Å². The second-order valence-electron chi connectivity index (χ2n) is 5.80. The predicted molar refractivity (Wildman–Crippen MR) is 79.8 cm³/mol. The summed E-state index contributed by atoms with van der Waals surface area (Å²) in [7, 11) is 0. The Hall–Kier alpha value is -0.750. The molecule has 1 aliphatic carbocycles. The molecule has 2 rings (SSSR count). The van der Waals surface area contributed by atoms with Crippen molar-refractivity contribution in [2.45, 2.75) is 38.6 Å². The monoisotopic (exact) mass is 300 g/mol. The van der Waals surface area contributed by atoms with Crippen molar-refractivity contribution in [2.24, 2.45) is 5.41 Å². The summed E-state index contributed by atoms with van der Waals surface area (Å²) in [6.07, 6.45) is 3.53. The van der Waals surface area contributed by atoms with Gasteiger partial charge in [-0.25, -0.2) is 0 Å². The molecule has 1 saturated heterocycles. The maximum absolute atomic E-state index is 12.5. The van der Waals surface area contributed by atoms with E-state index in [1.54, 1.807) is 4.90 Å². The average molecular weight is 300 g/mol. The first kappa shape index (κ1) is 15.6. The van der Waals surface area contributed by atoms with Crippen molar-refractivity contribution in [2.75, 3.05) is 32.1 Å². The van der Waals surface area contributed by atoms with Crippen molar-refractivity contribution in [1.29, 1.82) is 0 Å². The first-order chi connectivity index (χ1) is 9.62. The SMILES string of the molecule is CCCNC(=O)C1COCCN1C(=O)CC1(CS)CC1. The molecular formula is C14H24N2O3S. The summed E-state index contributed by atoms with van der Waals surface area (Å²) in [5.41, 5.74) is 0.0863. The molecule has 114 valence electrons. The lowest BCUT2D eigenvalue weighted by molar-refractivity contribution is -0.149. The van der Waals surface area contributed by atoms with Gasteiger partial charge in [-0.2, -0.15) is 12.6 Å². The van der Waals surface area contributed by atoms with E-state index in [-0.39, 0.29) is 17.2 Å². The fourth-order valence-corrected chi connectivity index (χ4v) is 2.90. The predicted octanol–water partition coefficient (Wildman–Crippen LogP) is 0.840. The zero-order valence-electron chi connectivity index (χ0n) is 12.1. The fourth-order valence-electron chi connectivity index (χ4n) is 2.48. The average Bonchev–Trinajstić information content (AvgIpc) is 3.25. The number of nitrogens with one attached hydrogen (secondary N) is 1. The van der Waals surface area contributed by atoms with E-state index < -0.39 is 6.04 Å². The van der Waals surface area contributed by atoms with Crippen LogP contribution in [0.1, 0.15) is 32.6 Å². The molecule has 0 bridgehead atoms. The third-order valence-electron chi connectivity index (χ3n) is 4.12. The molecule has 1 aliphatic heterocycles. The van der Waals surface area contributed by atoms with Crippen molar-refractivity contribution < 1.29 is 14.3 Å². The van der Waals surface area contributed by atoms with Crippen molar-refractivity contribution in [1.82, 2.24) is 10.2 Å². The Bertz CT molecular complexity index is 371. The quantitative estimate of drug-likeness (QED) is 0.715. The van der Waals surface area contributed by atoms with Crippen LogP contribution in [-0.4, -0.2) is 54.8 Å². The van der Waals surface area contributed by atoms with Gasteiger partial charge in [0.2, 0.25) is 11.8 Å². The molecule has 1 N–H and O–H groups in total. The smallest absolute Gasteiger partial charge is 0.245 e. The summed E-state index contributed by atoms with van der Waals surface area (Å²) in [6, 6.07) is -0.474. The third-order valence-corrected chi connectivity index (χ3v) is 4.79. The van der Waals surface area contributed by atoms with Crippen LogP contribution < -0.4 is 5.32 Å². The summed E-state index contributed by atoms with van der Waals surface area (Å²) < 4.78 is 5.37. The van der Waals surface area contributed by atoms with Gasteiger partial charge < -0.3 is 15.0 Å². The molecule has 0 aromatic rings. The van der Waals surface area contributed by atoms with Gasteiger partial charge >= 0.3 is 0 Å². The summed E-state index contributed by atoms with van der Waals surface area (Å²) >= 11 is 4.34. The largest absolute Gasteiger partial charge is 0.377 e. The maximum Gasteiger partial charge on any atom is 0.245 e. The van der Waals surface area contributed by atoms with Crippen molar-refractivity contribution in [3.05, 3.63) is 0 Å². The first-order valence-corrected chi connectivity index (χ1v) is 8.01. The number of hydrogen-bond acceptors (Lipinski definition) is 4. The van der Waals surface area contributed by atoms with Gasteiger partial charge in [-0.15, -0.1) is 0 Å². The molecular weight excluding hydrogens is 276 g/mol. The molecule has 1 unspecified atom stereocenters. The number of nitrogens with zero attached hydrogens (tertiary/aromatic N) is 1. The zero-order chi connectivity index (χ0) is 14.6. The molecule has 0 spiro atoms. The minimum atomic E-state index is -0.474. The third kappa shape index (κ3) is 3.67. The normalized spacial score (nSPS) is 24.3. The van der Waals surface area contributed by atoms with Gasteiger partial charge in [0.15, 0.2) is 0 Å². The van der Waals surface area contributed by atoms with Gasteiger partial charge in [-0.1, -0.05) is 6.92 Å². The van der Waals surface area contributed by atoms with Crippen LogP contribution in [0.4, 0.5) is 0 Å². The highest BCUT2D eigenvalue weighted by Crippen LogP contribution is 2.49. The van der Waals surface area contributed by atoms with E-state index in [4.69, 9.17) is 4.74 Å². The van der Waals surface area contributed by atoms with Crippen LogP contribution in [0.5, 0.6) is 0 Å². The molecule has 5 nitrogen and oxygen atoms in total. The van der Waals surface area contributed by atoms with Gasteiger partial charge in [0.05, 0.1) is 13.2 Å². The van der Waals surface area contributed by atoms with E-state index in [2.05, 4.69) is 17.9 Å². The number of carbonyl (C=O) groups is 2. The minimum absolute atomic E-state index is 0.0662. The van der Waals surface area contributed by atoms with E-state index in [1.807, 2.05) is 6.92 Å². The van der Waals surface area contributed by atoms with Crippen molar-refractivity contribution in [3.63, 3.8) is 0 Å². The fraction of sp³-hybridized carbons (Fsp3) is 0.857. The lowest BCUT2D eigenvalue weighted by Gasteiger charge is -2.35. The highest BCUT2D eigenvalue weighted by atomic mass is 32.1. The topological polar surface area (TPSA) is 58.6 Å². The van der Waals surface area contributed by atoms with E-state index in [9.17, 15) is 9.59 Å².